The predicted molar refractivity (Wildman–Crippen MR) is 137 cm³/mol. The number of nitrogens with one attached hydrogen (secondary N) is 2. The van der Waals surface area contributed by atoms with Gasteiger partial charge in [0.2, 0.25) is 0 Å². The monoisotopic (exact) mass is 530 g/mol. The third-order valence-corrected chi connectivity index (χ3v) is 7.97. The van der Waals surface area contributed by atoms with Gasteiger partial charge in [0.15, 0.2) is 0 Å². The molecule has 0 aliphatic heterocycles. The minimum atomic E-state index is -2.34. The van der Waals surface area contributed by atoms with Crippen molar-refractivity contribution >= 4 is 30.5 Å². The number of aliphatic hydroxyl groups is 4. The number of nitrogens with two attached hydrogens (primary N) is 1. The molecule has 38 heavy (non-hydrogen) atoms. The summed E-state index contributed by atoms with van der Waals surface area (Å²) in [6.45, 7) is 2.25. The SMILES string of the molecule is B=C1C(C(N)=O)=C(O)[C@@H](N(C)C)[C@@H]2C[C@@H]3CC4=C(F)CC(NC(=O)CNCC)C(O)=C4C(=O)C3=C(O)[C@]12O. The fraction of sp³-hybridized carbons (Fsp3) is 0.520. The molecule has 8 N–H and O–H groups in total. The van der Waals surface area contributed by atoms with E-state index in [-0.39, 0.29) is 48.0 Å². The molecule has 2 amide bonds. The first kappa shape index (κ1) is 27.7. The molecule has 0 spiro atoms. The fourth-order valence-electron chi connectivity index (χ4n) is 6.25. The molecule has 4 aliphatic rings. The van der Waals surface area contributed by atoms with Gasteiger partial charge in [-0.25, -0.2) is 0 Å². The first-order valence-corrected chi connectivity index (χ1v) is 12.4. The summed E-state index contributed by atoms with van der Waals surface area (Å²) in [6, 6.07) is -2.16. The molecule has 5 atom stereocenters. The van der Waals surface area contributed by atoms with Crippen LogP contribution >= 0.6 is 0 Å². The quantitative estimate of drug-likeness (QED) is 0.211. The number of ketones is 1. The van der Waals surface area contributed by atoms with E-state index in [0.717, 1.165) is 0 Å². The summed E-state index contributed by atoms with van der Waals surface area (Å²) in [7, 11) is 6.93. The molecule has 1 fully saturated rings. The molecule has 11 nitrogen and oxygen atoms in total. The Morgan fingerprint density at radius 1 is 1.21 bits per heavy atom. The van der Waals surface area contributed by atoms with Gasteiger partial charge in [-0.1, -0.05) is 6.92 Å². The molecule has 0 saturated heterocycles. The third-order valence-electron chi connectivity index (χ3n) is 7.97. The minimum absolute atomic E-state index is 0.0211. The Hall–Kier alpha value is -3.29. The van der Waals surface area contributed by atoms with Crippen LogP contribution in [0.2, 0.25) is 0 Å². The van der Waals surface area contributed by atoms with E-state index in [4.69, 9.17) is 5.73 Å². The summed E-state index contributed by atoms with van der Waals surface area (Å²) in [5.41, 5.74) is 1.68. The van der Waals surface area contributed by atoms with Gasteiger partial charge in [-0.15, -0.1) is 0 Å². The number of primary amides is 1. The zero-order chi connectivity index (χ0) is 28.3. The van der Waals surface area contributed by atoms with E-state index in [9.17, 15) is 34.8 Å². The first-order valence-electron chi connectivity index (χ1n) is 12.4. The maximum absolute atomic E-state index is 15.3. The van der Waals surface area contributed by atoms with Crippen molar-refractivity contribution in [3.63, 3.8) is 0 Å². The Bertz CT molecular complexity index is 1270. The molecule has 13 heteroatoms. The number of carbonyl (C=O) groups excluding carboxylic acids is 3. The van der Waals surface area contributed by atoms with E-state index in [1.807, 2.05) is 0 Å². The van der Waals surface area contributed by atoms with Gasteiger partial charge >= 0.3 is 206 Å². The molecule has 0 heterocycles. The number of aliphatic hydroxyl groups excluding tert-OH is 3. The van der Waals surface area contributed by atoms with Crippen LogP contribution < -0.4 is 16.4 Å². The molecule has 0 bridgehead atoms. The zero-order valence-corrected chi connectivity index (χ0v) is 21.5. The van der Waals surface area contributed by atoms with Crippen molar-refractivity contribution in [1.29, 1.82) is 0 Å². The summed E-state index contributed by atoms with van der Waals surface area (Å²) < 4.78 is 15.3. The second-order valence-electron chi connectivity index (χ2n) is 10.4. The number of Topliss-reactive ketones (excluding diaryl/α,β-unsaturated/α-hetero) is 1. The second-order valence-corrected chi connectivity index (χ2v) is 10.4. The van der Waals surface area contributed by atoms with Gasteiger partial charge in [0.1, 0.15) is 0 Å². The number of hydrogen-bond acceptors (Lipinski definition) is 9. The molecular formula is C25H32BFN4O7. The van der Waals surface area contributed by atoms with Crippen LogP contribution in [0.25, 0.3) is 0 Å². The molecular weight excluding hydrogens is 498 g/mol. The van der Waals surface area contributed by atoms with E-state index >= 15 is 4.39 Å². The number of amides is 2. The fourth-order valence-corrected chi connectivity index (χ4v) is 6.25. The van der Waals surface area contributed by atoms with E-state index < -0.39 is 75.8 Å². The number of halogens is 1. The van der Waals surface area contributed by atoms with Gasteiger partial charge in [-0.05, 0) is 6.54 Å². The van der Waals surface area contributed by atoms with Gasteiger partial charge in [-0.3, -0.25) is 0 Å². The molecule has 0 radical (unpaired) electrons. The van der Waals surface area contributed by atoms with Crippen molar-refractivity contribution in [2.75, 3.05) is 27.2 Å². The van der Waals surface area contributed by atoms with Crippen molar-refractivity contribution in [3.05, 3.63) is 45.4 Å². The molecule has 1 unspecified atom stereocenters. The van der Waals surface area contributed by atoms with E-state index in [2.05, 4.69) is 18.1 Å². The molecule has 0 aromatic carbocycles. The molecule has 4 aliphatic carbocycles. The van der Waals surface area contributed by atoms with Crippen LogP contribution in [-0.4, -0.2) is 101 Å². The number of hydrogen-bond donors (Lipinski definition) is 7. The van der Waals surface area contributed by atoms with Gasteiger partial charge < -0.3 is 0 Å². The van der Waals surface area contributed by atoms with E-state index in [1.54, 1.807) is 25.9 Å². The molecule has 204 valence electrons. The van der Waals surface area contributed by atoms with Crippen molar-refractivity contribution in [2.45, 2.75) is 43.9 Å². The number of likely N-dealkylation sites (N-methyl/N-ethyl adjacent to an activating group) is 2. The van der Waals surface area contributed by atoms with E-state index in [1.165, 1.54) is 0 Å². The molecule has 1 saturated carbocycles. The molecule has 4 rings (SSSR count). The standard InChI is InChI=1S/C25H32BFN4O7/c1-4-29-8-14(32)30-13-7-12(27)10-5-9-6-11-18(31(2)3)21(35)17(24(28)37)22(26)25(11,38)23(36)15(9)20(34)16(10)19(13)33/h9,11,13,18,26,29,33,35-36,38H,4-8H2,1-3H3,(H2,28,37)(H,30,32)/t9-,11-,13?,18-,25+/m0/s1. The van der Waals surface area contributed by atoms with Crippen LogP contribution in [0.4, 0.5) is 4.39 Å². The number of fused-ring (bicyclic) bond motifs is 3. The number of nitrogens with zero attached hydrogens (tertiary/aromatic N) is 1. The summed E-state index contributed by atoms with van der Waals surface area (Å²) in [4.78, 5) is 39.6. The normalized spacial score (nSPS) is 31.4. The van der Waals surface area contributed by atoms with Crippen LogP contribution in [-0.2, 0) is 14.4 Å². The van der Waals surface area contributed by atoms with Crippen LogP contribution in [0, 0.1) is 11.8 Å². The number of carbonyl (C=O) groups is 3. The maximum atomic E-state index is 15.3. The Labute approximate surface area is 219 Å². The summed E-state index contributed by atoms with van der Waals surface area (Å²) in [6.07, 6.45) is -0.391. The zero-order valence-electron chi connectivity index (χ0n) is 21.5. The van der Waals surface area contributed by atoms with Gasteiger partial charge in [0, 0.05) is 0 Å². The average Bonchev–Trinajstić information content (AvgIpc) is 2.82. The first-order chi connectivity index (χ1) is 17.8. The Kier molecular flexibility index (Phi) is 7.15. The van der Waals surface area contributed by atoms with Crippen LogP contribution in [0.5, 0.6) is 0 Å². The summed E-state index contributed by atoms with van der Waals surface area (Å²) in [5, 5.41) is 50.4. The summed E-state index contributed by atoms with van der Waals surface area (Å²) >= 11 is 0. The predicted octanol–water partition coefficient (Wildman–Crippen LogP) is -1.01. The Balaban J connectivity index is 1.83. The van der Waals surface area contributed by atoms with Crippen LogP contribution in [0.15, 0.2) is 45.4 Å². The van der Waals surface area contributed by atoms with Crippen molar-refractivity contribution in [2.24, 2.45) is 17.6 Å². The van der Waals surface area contributed by atoms with Crippen LogP contribution in [0.3, 0.4) is 0 Å². The van der Waals surface area contributed by atoms with Gasteiger partial charge in [0.25, 0.3) is 0 Å². The molecule has 0 aromatic heterocycles. The number of allylic oxidation sites excluding steroid dienone is 3. The average molecular weight is 530 g/mol. The topological polar surface area (TPSA) is 185 Å². The van der Waals surface area contributed by atoms with Gasteiger partial charge in [-0.2, -0.15) is 0 Å². The Morgan fingerprint density at radius 3 is 2.45 bits per heavy atom. The van der Waals surface area contributed by atoms with Crippen molar-refractivity contribution in [3.8, 4) is 0 Å². The van der Waals surface area contributed by atoms with Gasteiger partial charge in [0.05, 0.1) is 0 Å². The number of rotatable bonds is 6. The second kappa shape index (κ2) is 9.79. The Morgan fingerprint density at radius 2 is 1.87 bits per heavy atom. The van der Waals surface area contributed by atoms with E-state index in [0.29, 0.717) is 6.54 Å². The third kappa shape index (κ3) is 4.00. The van der Waals surface area contributed by atoms with Crippen molar-refractivity contribution < 1.29 is 39.2 Å². The molecule has 0 aromatic rings. The van der Waals surface area contributed by atoms with Crippen molar-refractivity contribution in [1.82, 2.24) is 15.5 Å². The summed E-state index contributed by atoms with van der Waals surface area (Å²) in [5.74, 6) is -6.60. The van der Waals surface area contributed by atoms with Crippen LogP contribution in [0.1, 0.15) is 26.2 Å².